The lowest BCUT2D eigenvalue weighted by Gasteiger charge is -2.36. The van der Waals surface area contributed by atoms with Crippen molar-refractivity contribution in [1.82, 2.24) is 10.2 Å². The van der Waals surface area contributed by atoms with Crippen LogP contribution in [0.15, 0.2) is 52.5 Å². The number of hydrogen-bond donors (Lipinski definition) is 0. The molecular weight excluding hydrogens is 424 g/mol. The Hall–Kier alpha value is -2.85. The van der Waals surface area contributed by atoms with E-state index in [1.54, 1.807) is 18.2 Å². The van der Waals surface area contributed by atoms with Gasteiger partial charge in [-0.3, -0.25) is 24.6 Å². The molecule has 1 amide bonds. The van der Waals surface area contributed by atoms with Crippen molar-refractivity contribution in [3.05, 3.63) is 63.9 Å². The summed E-state index contributed by atoms with van der Waals surface area (Å²) in [5, 5.41) is 20.0. The lowest BCUT2D eigenvalue weighted by Crippen LogP contribution is -2.40. The zero-order valence-electron chi connectivity index (χ0n) is 15.9. The summed E-state index contributed by atoms with van der Waals surface area (Å²) in [7, 11) is 0. The van der Waals surface area contributed by atoms with Gasteiger partial charge in [0.1, 0.15) is 0 Å². The van der Waals surface area contributed by atoms with Gasteiger partial charge >= 0.3 is 0 Å². The fourth-order valence-electron chi connectivity index (χ4n) is 3.84. The Morgan fingerprint density at radius 2 is 2.17 bits per heavy atom. The SMILES string of the molecule is C=CCSc1nnc(N2C(=O)C[C@H](c3cccc([N+](=O)[O-])c3)C3=C2CCCC3=O)s1. The number of rotatable bonds is 6. The van der Waals surface area contributed by atoms with Crippen LogP contribution in [-0.2, 0) is 9.59 Å². The standard InChI is InChI=1S/C20H18N4O4S2/c1-2-9-29-20-22-21-19(30-20)23-15-7-4-8-16(25)18(15)14(11-17(23)26)12-5-3-6-13(10-12)24(27)28/h2-3,5-6,10,14H,1,4,7-9,11H2/t14-/m1/s1. The predicted octanol–water partition coefficient (Wildman–Crippen LogP) is 4.25. The Bertz CT molecular complexity index is 1080. The first kappa shape index (κ1) is 20.4. The number of carbonyl (C=O) groups excluding carboxylic acids is 2. The zero-order chi connectivity index (χ0) is 21.3. The molecule has 0 N–H and O–H groups in total. The number of nitrogens with zero attached hydrogens (tertiary/aromatic N) is 4. The summed E-state index contributed by atoms with van der Waals surface area (Å²) in [6.07, 6.45) is 3.46. The third kappa shape index (κ3) is 3.80. The van der Waals surface area contributed by atoms with E-state index in [1.807, 2.05) is 0 Å². The molecule has 1 aromatic heterocycles. The molecule has 0 saturated heterocycles. The average molecular weight is 443 g/mol. The van der Waals surface area contributed by atoms with Crippen LogP contribution >= 0.6 is 23.1 Å². The van der Waals surface area contributed by atoms with Crippen LogP contribution in [0.25, 0.3) is 0 Å². The molecule has 0 bridgehead atoms. The molecule has 30 heavy (non-hydrogen) atoms. The van der Waals surface area contributed by atoms with Crippen LogP contribution in [0.2, 0.25) is 0 Å². The van der Waals surface area contributed by atoms with E-state index in [0.717, 1.165) is 4.34 Å². The van der Waals surface area contributed by atoms with E-state index in [2.05, 4.69) is 16.8 Å². The molecule has 0 radical (unpaired) electrons. The Kier molecular flexibility index (Phi) is 5.78. The van der Waals surface area contributed by atoms with Gasteiger partial charge in [0.05, 0.1) is 4.92 Å². The second kappa shape index (κ2) is 8.49. The molecule has 0 unspecified atom stereocenters. The topological polar surface area (TPSA) is 106 Å². The molecule has 10 heteroatoms. The average Bonchev–Trinajstić information content (AvgIpc) is 3.20. The molecule has 2 aliphatic rings. The number of anilines is 1. The molecule has 0 fully saturated rings. The van der Waals surface area contributed by atoms with Gasteiger partial charge in [-0.2, -0.15) is 0 Å². The Morgan fingerprint density at radius 1 is 1.33 bits per heavy atom. The van der Waals surface area contributed by atoms with E-state index in [-0.39, 0.29) is 23.8 Å². The Morgan fingerprint density at radius 3 is 2.93 bits per heavy atom. The molecule has 1 aliphatic heterocycles. The van der Waals surface area contributed by atoms with Crippen LogP contribution in [0, 0.1) is 10.1 Å². The summed E-state index contributed by atoms with van der Waals surface area (Å²) in [6.45, 7) is 3.68. The first-order valence-corrected chi connectivity index (χ1v) is 11.2. The van der Waals surface area contributed by atoms with Gasteiger partial charge < -0.3 is 0 Å². The van der Waals surface area contributed by atoms with E-state index < -0.39 is 10.8 Å². The second-order valence-electron chi connectivity index (χ2n) is 6.93. The van der Waals surface area contributed by atoms with Gasteiger partial charge in [-0.15, -0.1) is 16.8 Å². The number of hydrogen-bond acceptors (Lipinski definition) is 8. The van der Waals surface area contributed by atoms with Crippen molar-refractivity contribution in [3.8, 4) is 0 Å². The number of aromatic nitrogens is 2. The highest BCUT2D eigenvalue weighted by Crippen LogP contribution is 2.44. The van der Waals surface area contributed by atoms with Gasteiger partial charge in [0.25, 0.3) is 5.69 Å². The lowest BCUT2D eigenvalue weighted by molar-refractivity contribution is -0.384. The highest BCUT2D eigenvalue weighted by Gasteiger charge is 2.41. The zero-order valence-corrected chi connectivity index (χ0v) is 17.6. The van der Waals surface area contributed by atoms with Crippen molar-refractivity contribution in [2.45, 2.75) is 35.9 Å². The smallest absolute Gasteiger partial charge is 0.269 e. The van der Waals surface area contributed by atoms with Crippen molar-refractivity contribution >= 4 is 45.6 Å². The normalized spacial score (nSPS) is 19.1. The first-order chi connectivity index (χ1) is 14.5. The summed E-state index contributed by atoms with van der Waals surface area (Å²) in [6, 6.07) is 6.19. The van der Waals surface area contributed by atoms with E-state index in [1.165, 1.54) is 40.1 Å². The van der Waals surface area contributed by atoms with Crippen LogP contribution in [-0.4, -0.2) is 32.6 Å². The van der Waals surface area contributed by atoms with Crippen molar-refractivity contribution in [1.29, 1.82) is 0 Å². The maximum atomic E-state index is 13.1. The summed E-state index contributed by atoms with van der Waals surface area (Å²) in [5.41, 5.74) is 1.77. The summed E-state index contributed by atoms with van der Waals surface area (Å²) in [4.78, 5) is 38.3. The third-order valence-corrected chi connectivity index (χ3v) is 7.11. The van der Waals surface area contributed by atoms with Crippen LogP contribution in [0.5, 0.6) is 0 Å². The molecule has 4 rings (SSSR count). The number of nitro groups is 1. The van der Waals surface area contributed by atoms with Crippen LogP contribution in [0.1, 0.15) is 37.2 Å². The van der Waals surface area contributed by atoms with E-state index in [9.17, 15) is 19.7 Å². The fourth-order valence-corrected chi connectivity index (χ4v) is 5.48. The number of amides is 1. The van der Waals surface area contributed by atoms with Gasteiger partial charge in [0.2, 0.25) is 11.0 Å². The maximum absolute atomic E-state index is 13.1. The highest BCUT2D eigenvalue weighted by molar-refractivity contribution is 8.01. The monoisotopic (exact) mass is 442 g/mol. The highest BCUT2D eigenvalue weighted by atomic mass is 32.2. The minimum atomic E-state index is -0.487. The molecule has 154 valence electrons. The Labute approximate surface area is 180 Å². The van der Waals surface area contributed by atoms with Gasteiger partial charge in [-0.1, -0.05) is 41.3 Å². The first-order valence-electron chi connectivity index (χ1n) is 9.40. The minimum absolute atomic E-state index is 0.0176. The maximum Gasteiger partial charge on any atom is 0.269 e. The number of allylic oxidation sites excluding steroid dienone is 2. The number of benzene rings is 1. The molecule has 1 aliphatic carbocycles. The molecule has 2 heterocycles. The van der Waals surface area contributed by atoms with Gasteiger partial charge in [-0.05, 0) is 18.4 Å². The molecule has 1 aromatic carbocycles. The predicted molar refractivity (Wildman–Crippen MR) is 115 cm³/mol. The molecule has 1 atom stereocenters. The Balaban J connectivity index is 1.77. The number of non-ortho nitro benzene ring substituents is 1. The molecule has 0 saturated carbocycles. The second-order valence-corrected chi connectivity index (χ2v) is 9.15. The van der Waals surface area contributed by atoms with Crippen LogP contribution in [0.4, 0.5) is 10.8 Å². The van der Waals surface area contributed by atoms with Crippen LogP contribution in [0.3, 0.4) is 0 Å². The molecular formula is C20H18N4O4S2. The van der Waals surface area contributed by atoms with E-state index >= 15 is 0 Å². The number of ketones is 1. The third-order valence-electron chi connectivity index (χ3n) is 5.07. The molecule has 8 nitrogen and oxygen atoms in total. The summed E-state index contributed by atoms with van der Waals surface area (Å²) >= 11 is 2.79. The quantitative estimate of drug-likeness (QED) is 0.216. The molecule has 0 spiro atoms. The number of Topliss-reactive ketones (excluding diaryl/α,β-unsaturated/α-hetero) is 1. The summed E-state index contributed by atoms with van der Waals surface area (Å²) < 4.78 is 0.725. The number of thioether (sulfide) groups is 1. The molecule has 2 aromatic rings. The van der Waals surface area contributed by atoms with E-state index in [0.29, 0.717) is 47.0 Å². The van der Waals surface area contributed by atoms with Crippen molar-refractivity contribution in [2.75, 3.05) is 10.7 Å². The van der Waals surface area contributed by atoms with Crippen molar-refractivity contribution in [2.24, 2.45) is 0 Å². The van der Waals surface area contributed by atoms with Crippen LogP contribution < -0.4 is 4.90 Å². The largest absolute Gasteiger partial charge is 0.294 e. The summed E-state index contributed by atoms with van der Waals surface area (Å²) in [5.74, 6) is -0.00413. The van der Waals surface area contributed by atoms with Gasteiger partial charge in [-0.25, -0.2) is 0 Å². The van der Waals surface area contributed by atoms with Crippen molar-refractivity contribution in [3.63, 3.8) is 0 Å². The van der Waals surface area contributed by atoms with Crippen molar-refractivity contribution < 1.29 is 14.5 Å². The van der Waals surface area contributed by atoms with Gasteiger partial charge in [0.15, 0.2) is 10.1 Å². The number of nitro benzene ring substituents is 1. The number of carbonyl (C=O) groups is 2. The van der Waals surface area contributed by atoms with E-state index in [4.69, 9.17) is 0 Å². The lowest BCUT2D eigenvalue weighted by atomic mass is 9.77. The minimum Gasteiger partial charge on any atom is -0.294 e. The van der Waals surface area contributed by atoms with Gasteiger partial charge in [0, 0.05) is 47.9 Å². The fraction of sp³-hybridized carbons (Fsp3) is 0.300.